The number of methoxy groups -OCH3 is 3. The molecule has 0 radical (unpaired) electrons. The summed E-state index contributed by atoms with van der Waals surface area (Å²) in [5.41, 5.74) is 0.957. The summed E-state index contributed by atoms with van der Waals surface area (Å²) in [5.74, 6) is 1.89. The van der Waals surface area contributed by atoms with Crippen LogP contribution in [0.5, 0.6) is 17.2 Å². The van der Waals surface area contributed by atoms with E-state index in [1.54, 1.807) is 21.3 Å². The largest absolute Gasteiger partial charge is 0.493 e. The topological polar surface area (TPSA) is 80.3 Å². The number of piperazine rings is 1. The van der Waals surface area contributed by atoms with Crippen LogP contribution in [0.25, 0.3) is 0 Å². The molecule has 1 aliphatic rings. The lowest BCUT2D eigenvalue weighted by Crippen LogP contribution is -2.51. The third kappa shape index (κ3) is 6.52. The maximum atomic E-state index is 12.6. The van der Waals surface area contributed by atoms with Crippen molar-refractivity contribution < 1.29 is 23.8 Å². The standard InChI is InChI=1S/C21H33N3O5/c1-5-8-22-19(25)15-23-9-11-24(12-10-23)20(26)7-6-16-13-17(27-2)21(29-4)18(14-16)28-3/h13-14H,5-12,15H2,1-4H3,(H,22,25). The fourth-order valence-corrected chi connectivity index (χ4v) is 3.37. The molecule has 0 aliphatic carbocycles. The highest BCUT2D eigenvalue weighted by Gasteiger charge is 2.22. The lowest BCUT2D eigenvalue weighted by Gasteiger charge is -2.34. The van der Waals surface area contributed by atoms with E-state index in [9.17, 15) is 9.59 Å². The molecule has 8 heteroatoms. The third-order valence-electron chi connectivity index (χ3n) is 5.02. The number of rotatable bonds is 10. The van der Waals surface area contributed by atoms with Crippen molar-refractivity contribution >= 4 is 11.8 Å². The highest BCUT2D eigenvalue weighted by Crippen LogP contribution is 2.38. The molecule has 0 aromatic heterocycles. The summed E-state index contributed by atoms with van der Waals surface area (Å²) in [6.07, 6.45) is 1.94. The Labute approximate surface area is 173 Å². The average Bonchev–Trinajstić information content (AvgIpc) is 2.75. The number of nitrogens with one attached hydrogen (secondary N) is 1. The lowest BCUT2D eigenvalue weighted by molar-refractivity contribution is -0.133. The molecule has 0 spiro atoms. The van der Waals surface area contributed by atoms with Gasteiger partial charge in [0.05, 0.1) is 27.9 Å². The van der Waals surface area contributed by atoms with Gasteiger partial charge in [0.2, 0.25) is 17.6 Å². The van der Waals surface area contributed by atoms with Gasteiger partial charge in [-0.15, -0.1) is 0 Å². The van der Waals surface area contributed by atoms with Crippen molar-refractivity contribution in [3.05, 3.63) is 17.7 Å². The molecule has 0 bridgehead atoms. The smallest absolute Gasteiger partial charge is 0.234 e. The Bertz CT molecular complexity index is 662. The molecule has 8 nitrogen and oxygen atoms in total. The first-order chi connectivity index (χ1) is 14.0. The van der Waals surface area contributed by atoms with Crippen molar-refractivity contribution in [1.29, 1.82) is 0 Å². The molecular formula is C21H33N3O5. The number of carbonyl (C=O) groups excluding carboxylic acids is 2. The second-order valence-electron chi connectivity index (χ2n) is 7.04. The predicted octanol–water partition coefficient (Wildman–Crippen LogP) is 1.32. The van der Waals surface area contributed by atoms with E-state index in [4.69, 9.17) is 14.2 Å². The summed E-state index contributed by atoms with van der Waals surface area (Å²) < 4.78 is 16.1. The molecular weight excluding hydrogens is 374 g/mol. The van der Waals surface area contributed by atoms with Crippen LogP contribution in [0, 0.1) is 0 Å². The quantitative estimate of drug-likeness (QED) is 0.630. The fraction of sp³-hybridized carbons (Fsp3) is 0.619. The van der Waals surface area contributed by atoms with Crippen molar-refractivity contribution in [2.45, 2.75) is 26.2 Å². The number of amides is 2. The zero-order chi connectivity index (χ0) is 21.2. The van der Waals surface area contributed by atoms with Gasteiger partial charge in [-0.1, -0.05) is 6.92 Å². The Morgan fingerprint density at radius 2 is 1.62 bits per heavy atom. The van der Waals surface area contributed by atoms with E-state index in [2.05, 4.69) is 10.2 Å². The zero-order valence-corrected chi connectivity index (χ0v) is 18.0. The van der Waals surface area contributed by atoms with E-state index in [1.165, 1.54) is 0 Å². The monoisotopic (exact) mass is 407 g/mol. The van der Waals surface area contributed by atoms with Crippen LogP contribution in [0.15, 0.2) is 12.1 Å². The second kappa shape index (κ2) is 11.5. The first-order valence-corrected chi connectivity index (χ1v) is 10.1. The normalized spacial score (nSPS) is 14.4. The molecule has 29 heavy (non-hydrogen) atoms. The summed E-state index contributed by atoms with van der Waals surface area (Å²) in [5, 5.41) is 2.89. The number of nitrogens with zero attached hydrogens (tertiary/aromatic N) is 2. The zero-order valence-electron chi connectivity index (χ0n) is 18.0. The second-order valence-corrected chi connectivity index (χ2v) is 7.04. The summed E-state index contributed by atoms with van der Waals surface area (Å²) in [7, 11) is 4.72. The van der Waals surface area contributed by atoms with Crippen LogP contribution in [-0.2, 0) is 16.0 Å². The molecule has 0 unspecified atom stereocenters. The Kier molecular flexibility index (Phi) is 9.05. The molecule has 0 saturated carbocycles. The van der Waals surface area contributed by atoms with Crippen LogP contribution < -0.4 is 19.5 Å². The summed E-state index contributed by atoms with van der Waals surface area (Å²) in [6, 6.07) is 3.75. The molecule has 1 aromatic carbocycles. The maximum absolute atomic E-state index is 12.6. The minimum atomic E-state index is 0.0500. The van der Waals surface area contributed by atoms with Gasteiger partial charge in [-0.3, -0.25) is 14.5 Å². The summed E-state index contributed by atoms with van der Waals surface area (Å²) in [6.45, 7) is 5.86. The highest BCUT2D eigenvalue weighted by atomic mass is 16.5. The van der Waals surface area contributed by atoms with Gasteiger partial charge in [0.1, 0.15) is 0 Å². The Hall–Kier alpha value is -2.48. The number of benzene rings is 1. The summed E-state index contributed by atoms with van der Waals surface area (Å²) >= 11 is 0. The molecule has 1 N–H and O–H groups in total. The third-order valence-corrected chi connectivity index (χ3v) is 5.02. The molecule has 1 aromatic rings. The van der Waals surface area contributed by atoms with E-state index in [0.717, 1.165) is 25.1 Å². The van der Waals surface area contributed by atoms with Crippen LogP contribution in [0.3, 0.4) is 0 Å². The van der Waals surface area contributed by atoms with Crippen LogP contribution >= 0.6 is 0 Å². The van der Waals surface area contributed by atoms with Crippen LogP contribution in [-0.4, -0.2) is 82.2 Å². The van der Waals surface area contributed by atoms with Gasteiger partial charge in [0, 0.05) is 39.1 Å². The molecule has 1 heterocycles. The Balaban J connectivity index is 1.84. The lowest BCUT2D eigenvalue weighted by atomic mass is 10.1. The van der Waals surface area contributed by atoms with E-state index >= 15 is 0 Å². The Morgan fingerprint density at radius 3 is 2.14 bits per heavy atom. The van der Waals surface area contributed by atoms with Gasteiger partial charge in [0.15, 0.2) is 11.5 Å². The highest BCUT2D eigenvalue weighted by molar-refractivity contribution is 5.78. The minimum absolute atomic E-state index is 0.0500. The number of carbonyl (C=O) groups is 2. The molecule has 1 saturated heterocycles. The first kappa shape index (κ1) is 22.8. The van der Waals surface area contributed by atoms with Crippen LogP contribution in [0.2, 0.25) is 0 Å². The molecule has 1 aliphatic heterocycles. The molecule has 162 valence electrons. The molecule has 0 atom stereocenters. The van der Waals surface area contributed by atoms with E-state index in [0.29, 0.717) is 56.3 Å². The van der Waals surface area contributed by atoms with Gasteiger partial charge in [-0.05, 0) is 30.5 Å². The number of hydrogen-bond donors (Lipinski definition) is 1. The number of aryl methyl sites for hydroxylation is 1. The van der Waals surface area contributed by atoms with Crippen LogP contribution in [0.4, 0.5) is 0 Å². The van der Waals surface area contributed by atoms with E-state index < -0.39 is 0 Å². The molecule has 1 fully saturated rings. The SMILES string of the molecule is CCCNC(=O)CN1CCN(C(=O)CCc2cc(OC)c(OC)c(OC)c2)CC1. The number of hydrogen-bond acceptors (Lipinski definition) is 6. The van der Waals surface area contributed by atoms with Crippen molar-refractivity contribution in [1.82, 2.24) is 15.1 Å². The molecule has 2 amide bonds. The summed E-state index contributed by atoms with van der Waals surface area (Å²) in [4.78, 5) is 28.4. The van der Waals surface area contributed by atoms with E-state index in [-0.39, 0.29) is 11.8 Å². The first-order valence-electron chi connectivity index (χ1n) is 10.1. The van der Waals surface area contributed by atoms with Gasteiger partial charge >= 0.3 is 0 Å². The van der Waals surface area contributed by atoms with Gasteiger partial charge in [-0.25, -0.2) is 0 Å². The maximum Gasteiger partial charge on any atom is 0.234 e. The number of ether oxygens (including phenoxy) is 3. The minimum Gasteiger partial charge on any atom is -0.493 e. The predicted molar refractivity (Wildman–Crippen MR) is 111 cm³/mol. The van der Waals surface area contributed by atoms with Crippen molar-refractivity contribution in [2.75, 3.05) is 60.6 Å². The van der Waals surface area contributed by atoms with Crippen LogP contribution in [0.1, 0.15) is 25.3 Å². The van der Waals surface area contributed by atoms with Gasteiger partial charge < -0.3 is 24.4 Å². The van der Waals surface area contributed by atoms with Gasteiger partial charge in [0.25, 0.3) is 0 Å². The molecule has 2 rings (SSSR count). The van der Waals surface area contributed by atoms with Crippen molar-refractivity contribution in [3.8, 4) is 17.2 Å². The average molecular weight is 408 g/mol. The fourth-order valence-electron chi connectivity index (χ4n) is 3.37. The van der Waals surface area contributed by atoms with E-state index in [1.807, 2.05) is 24.0 Å². The van der Waals surface area contributed by atoms with Crippen molar-refractivity contribution in [2.24, 2.45) is 0 Å². The Morgan fingerprint density at radius 1 is 1.00 bits per heavy atom. The van der Waals surface area contributed by atoms with Crippen molar-refractivity contribution in [3.63, 3.8) is 0 Å². The van der Waals surface area contributed by atoms with Gasteiger partial charge in [-0.2, -0.15) is 0 Å².